The number of aliphatic hydroxyl groups excluding tert-OH is 1. The molecule has 0 radical (unpaired) electrons. The summed E-state index contributed by atoms with van der Waals surface area (Å²) in [7, 11) is 0. The number of hydrogen-bond donors (Lipinski definition) is 2. The quantitative estimate of drug-likeness (QED) is 0.585. The molecule has 58 valence electrons. The van der Waals surface area contributed by atoms with Gasteiger partial charge < -0.3 is 14.9 Å². The van der Waals surface area contributed by atoms with Crippen LogP contribution in [0.1, 0.15) is 11.7 Å². The molecule has 11 heavy (non-hydrogen) atoms. The summed E-state index contributed by atoms with van der Waals surface area (Å²) >= 11 is 0. The number of aromatic hydroxyl groups is 1. The topological polar surface area (TPSA) is 53.0 Å². The molecule has 2 N–H and O–H groups in total. The van der Waals surface area contributed by atoms with E-state index in [4.69, 9.17) is 14.9 Å². The first-order valence-electron chi connectivity index (χ1n) is 3.40. The van der Waals surface area contributed by atoms with Crippen LogP contribution < -0.4 is 0 Å². The molecule has 1 fully saturated rings. The molecule has 0 saturated carbocycles. The van der Waals surface area contributed by atoms with E-state index < -0.39 is 6.29 Å². The van der Waals surface area contributed by atoms with Gasteiger partial charge in [-0.15, -0.1) is 0 Å². The number of phenols is 1. The van der Waals surface area contributed by atoms with Gasteiger partial charge in [0, 0.05) is 0 Å². The van der Waals surface area contributed by atoms with Crippen molar-refractivity contribution in [3.8, 4) is 5.75 Å². The van der Waals surface area contributed by atoms with Gasteiger partial charge in [-0.25, -0.2) is 0 Å². The molecule has 1 heterocycles. The van der Waals surface area contributed by atoms with Gasteiger partial charge in [-0.3, -0.25) is 0 Å². The summed E-state index contributed by atoms with van der Waals surface area (Å²) in [5, 5.41) is 17.8. The fraction of sp³-hybridized carbons (Fsp3) is 0.250. The summed E-state index contributed by atoms with van der Waals surface area (Å²) < 4.78 is 4.82. The molecule has 1 saturated heterocycles. The van der Waals surface area contributed by atoms with Gasteiger partial charge in [0.1, 0.15) is 11.9 Å². The van der Waals surface area contributed by atoms with E-state index in [2.05, 4.69) is 0 Å². The second-order valence-corrected chi connectivity index (χ2v) is 2.54. The molecule has 3 nitrogen and oxygen atoms in total. The molecule has 3 heteroatoms. The van der Waals surface area contributed by atoms with Gasteiger partial charge in [-0.2, -0.15) is 0 Å². The fourth-order valence-corrected chi connectivity index (χ4v) is 1.01. The zero-order valence-electron chi connectivity index (χ0n) is 5.77. The summed E-state index contributed by atoms with van der Waals surface area (Å²) in [6.07, 6.45) is -0.838. The second kappa shape index (κ2) is 2.22. The zero-order chi connectivity index (χ0) is 7.84. The van der Waals surface area contributed by atoms with Gasteiger partial charge in [0.25, 0.3) is 0 Å². The van der Waals surface area contributed by atoms with Crippen molar-refractivity contribution in [3.63, 3.8) is 0 Å². The molecule has 2 atom stereocenters. The van der Waals surface area contributed by atoms with Crippen LogP contribution in [0, 0.1) is 0 Å². The van der Waals surface area contributed by atoms with Crippen LogP contribution in [0.25, 0.3) is 0 Å². The van der Waals surface area contributed by atoms with Crippen molar-refractivity contribution in [2.75, 3.05) is 0 Å². The van der Waals surface area contributed by atoms with Crippen LogP contribution >= 0.6 is 0 Å². The lowest BCUT2D eigenvalue weighted by molar-refractivity contribution is 0.156. The smallest absolute Gasteiger partial charge is 0.186 e. The summed E-state index contributed by atoms with van der Waals surface area (Å²) in [4.78, 5) is 0. The minimum atomic E-state index is -0.653. The minimum Gasteiger partial charge on any atom is -0.508 e. The maximum Gasteiger partial charge on any atom is 0.186 e. The first-order valence-corrected chi connectivity index (χ1v) is 3.40. The number of rotatable bonds is 1. The van der Waals surface area contributed by atoms with E-state index in [0.717, 1.165) is 5.56 Å². The van der Waals surface area contributed by atoms with Crippen molar-refractivity contribution in [3.05, 3.63) is 29.8 Å². The highest BCUT2D eigenvalue weighted by molar-refractivity contribution is 5.29. The number of benzene rings is 1. The molecule has 2 rings (SSSR count). The Morgan fingerprint density at radius 2 is 1.73 bits per heavy atom. The highest BCUT2D eigenvalue weighted by Gasteiger charge is 2.38. The van der Waals surface area contributed by atoms with Crippen LogP contribution in [-0.2, 0) is 4.74 Å². The average molecular weight is 152 g/mol. The van der Waals surface area contributed by atoms with Crippen LogP contribution in [0.4, 0.5) is 0 Å². The van der Waals surface area contributed by atoms with Gasteiger partial charge >= 0.3 is 0 Å². The third-order valence-electron chi connectivity index (χ3n) is 1.69. The van der Waals surface area contributed by atoms with Crippen molar-refractivity contribution < 1.29 is 14.9 Å². The lowest BCUT2D eigenvalue weighted by Crippen LogP contribution is -1.84. The Bertz CT molecular complexity index is 255. The molecule has 0 aromatic heterocycles. The van der Waals surface area contributed by atoms with Gasteiger partial charge in [0.15, 0.2) is 6.29 Å². The van der Waals surface area contributed by atoms with E-state index in [1.807, 2.05) is 0 Å². The van der Waals surface area contributed by atoms with E-state index >= 15 is 0 Å². The molecular weight excluding hydrogens is 144 g/mol. The maximum atomic E-state index is 8.92. The minimum absolute atomic E-state index is 0.185. The molecule has 0 bridgehead atoms. The molecular formula is C8H8O3. The first-order chi connectivity index (χ1) is 5.27. The van der Waals surface area contributed by atoms with Crippen LogP contribution in [0.3, 0.4) is 0 Å². The lowest BCUT2D eigenvalue weighted by Gasteiger charge is -1.93. The third-order valence-corrected chi connectivity index (χ3v) is 1.69. The number of phenolic OH excluding ortho intramolecular Hbond substituents is 1. The molecule has 1 aliphatic heterocycles. The molecule has 0 amide bonds. The van der Waals surface area contributed by atoms with Gasteiger partial charge in [0.2, 0.25) is 0 Å². The van der Waals surface area contributed by atoms with Crippen molar-refractivity contribution >= 4 is 0 Å². The van der Waals surface area contributed by atoms with Gasteiger partial charge in [-0.1, -0.05) is 12.1 Å². The van der Waals surface area contributed by atoms with Gasteiger partial charge in [0.05, 0.1) is 0 Å². The molecule has 1 aromatic carbocycles. The lowest BCUT2D eigenvalue weighted by atomic mass is 10.1. The molecule has 0 aliphatic carbocycles. The second-order valence-electron chi connectivity index (χ2n) is 2.54. The Morgan fingerprint density at radius 3 is 2.18 bits per heavy atom. The fourth-order valence-electron chi connectivity index (χ4n) is 1.01. The Kier molecular flexibility index (Phi) is 1.34. The Labute approximate surface area is 63.9 Å². The number of ether oxygens (including phenoxy) is 1. The highest BCUT2D eigenvalue weighted by atomic mass is 16.7. The Balaban J connectivity index is 2.21. The van der Waals surface area contributed by atoms with E-state index in [9.17, 15) is 0 Å². The summed E-state index contributed by atoms with van der Waals surface area (Å²) in [6, 6.07) is 6.61. The number of epoxide rings is 1. The third kappa shape index (κ3) is 1.20. The van der Waals surface area contributed by atoms with E-state index in [0.29, 0.717) is 0 Å². The molecule has 1 aliphatic rings. The van der Waals surface area contributed by atoms with E-state index in [-0.39, 0.29) is 11.9 Å². The van der Waals surface area contributed by atoms with Crippen LogP contribution in [0.15, 0.2) is 24.3 Å². The van der Waals surface area contributed by atoms with Crippen LogP contribution in [-0.4, -0.2) is 16.5 Å². The number of aliphatic hydroxyl groups is 1. The van der Waals surface area contributed by atoms with E-state index in [1.165, 1.54) is 0 Å². The average Bonchev–Trinajstić information content (AvgIpc) is 2.69. The van der Waals surface area contributed by atoms with Crippen molar-refractivity contribution in [1.29, 1.82) is 0 Å². The summed E-state index contributed by atoms with van der Waals surface area (Å²) in [6.45, 7) is 0. The van der Waals surface area contributed by atoms with Crippen molar-refractivity contribution in [1.82, 2.24) is 0 Å². The van der Waals surface area contributed by atoms with Gasteiger partial charge in [-0.05, 0) is 17.7 Å². The normalized spacial score (nSPS) is 28.5. The predicted molar refractivity (Wildman–Crippen MR) is 37.9 cm³/mol. The van der Waals surface area contributed by atoms with E-state index in [1.54, 1.807) is 24.3 Å². The molecule has 0 spiro atoms. The molecule has 2 unspecified atom stereocenters. The predicted octanol–water partition coefficient (Wildman–Crippen LogP) is 0.782. The highest BCUT2D eigenvalue weighted by Crippen LogP contribution is 2.36. The van der Waals surface area contributed by atoms with Crippen molar-refractivity contribution in [2.45, 2.75) is 12.4 Å². The Morgan fingerprint density at radius 1 is 1.18 bits per heavy atom. The standard InChI is InChI=1S/C8H8O3/c9-6-3-1-5(2-4-6)7-8(10)11-7/h1-4,7-10H. The maximum absolute atomic E-state index is 8.92. The zero-order valence-corrected chi connectivity index (χ0v) is 5.77. The molecule has 1 aromatic rings. The van der Waals surface area contributed by atoms with Crippen LogP contribution in [0.2, 0.25) is 0 Å². The Hall–Kier alpha value is -1.06. The van der Waals surface area contributed by atoms with Crippen molar-refractivity contribution in [2.24, 2.45) is 0 Å². The van der Waals surface area contributed by atoms with Crippen LogP contribution in [0.5, 0.6) is 5.75 Å². The SMILES string of the molecule is Oc1ccc(C2OC2O)cc1. The number of hydrogen-bond acceptors (Lipinski definition) is 3. The first kappa shape index (κ1) is 6.64. The monoisotopic (exact) mass is 152 g/mol. The largest absolute Gasteiger partial charge is 0.508 e. The summed E-state index contributed by atoms with van der Waals surface area (Å²) in [5.41, 5.74) is 0.898. The summed E-state index contributed by atoms with van der Waals surface area (Å²) in [5.74, 6) is 0.226.